The van der Waals surface area contributed by atoms with E-state index in [0.29, 0.717) is 40.1 Å². The largest absolute Gasteiger partial charge is 0.493 e. The van der Waals surface area contributed by atoms with Gasteiger partial charge in [-0.15, -0.1) is 11.3 Å². The van der Waals surface area contributed by atoms with Crippen molar-refractivity contribution >= 4 is 28.3 Å². The van der Waals surface area contributed by atoms with Crippen LogP contribution in [0.15, 0.2) is 12.1 Å². The maximum Gasteiger partial charge on any atom is 0.303 e. The molecular weight excluding hydrogens is 360 g/mol. The van der Waals surface area contributed by atoms with Gasteiger partial charge in [-0.2, -0.15) is 0 Å². The number of hydrogen-bond donors (Lipinski definition) is 2. The summed E-state index contributed by atoms with van der Waals surface area (Å²) in [7, 11) is 4.42. The van der Waals surface area contributed by atoms with Gasteiger partial charge in [-0.3, -0.25) is 14.9 Å². The molecule has 0 saturated carbocycles. The number of carboxylic acid groups (broad SMARTS) is 1. The van der Waals surface area contributed by atoms with Crippen molar-refractivity contribution < 1.29 is 28.9 Å². The van der Waals surface area contributed by atoms with Crippen LogP contribution in [-0.2, 0) is 11.2 Å². The van der Waals surface area contributed by atoms with Crippen LogP contribution in [0.25, 0.3) is 0 Å². The average molecular weight is 380 g/mol. The van der Waals surface area contributed by atoms with Crippen LogP contribution >= 0.6 is 11.3 Å². The molecular formula is C17H20N2O6S. The molecule has 0 aliphatic heterocycles. The van der Waals surface area contributed by atoms with Crippen LogP contribution in [0, 0.1) is 6.92 Å². The molecule has 9 heteroatoms. The summed E-state index contributed by atoms with van der Waals surface area (Å²) in [6.45, 7) is 1.78. The number of rotatable bonds is 8. The summed E-state index contributed by atoms with van der Waals surface area (Å²) in [6, 6.07) is 3.09. The average Bonchev–Trinajstić information content (AvgIpc) is 2.97. The zero-order chi connectivity index (χ0) is 19.3. The van der Waals surface area contributed by atoms with E-state index in [4.69, 9.17) is 19.3 Å². The number of aromatic nitrogens is 1. The van der Waals surface area contributed by atoms with Crippen LogP contribution in [-0.4, -0.2) is 43.3 Å². The quantitative estimate of drug-likeness (QED) is 0.725. The van der Waals surface area contributed by atoms with Crippen molar-refractivity contribution in [1.29, 1.82) is 0 Å². The molecule has 26 heavy (non-hydrogen) atoms. The number of nitrogens with zero attached hydrogens (tertiary/aromatic N) is 1. The van der Waals surface area contributed by atoms with Crippen LogP contribution < -0.4 is 19.5 Å². The summed E-state index contributed by atoms with van der Waals surface area (Å²) in [5.41, 5.74) is 1.02. The number of aryl methyl sites for hydroxylation is 2. The van der Waals surface area contributed by atoms with E-state index in [2.05, 4.69) is 10.3 Å². The van der Waals surface area contributed by atoms with Gasteiger partial charge in [-0.05, 0) is 25.5 Å². The predicted molar refractivity (Wildman–Crippen MR) is 96.9 cm³/mol. The zero-order valence-electron chi connectivity index (χ0n) is 14.9. The van der Waals surface area contributed by atoms with Gasteiger partial charge in [0.25, 0.3) is 5.91 Å². The van der Waals surface area contributed by atoms with Gasteiger partial charge >= 0.3 is 5.97 Å². The summed E-state index contributed by atoms with van der Waals surface area (Å²) in [6.07, 6.45) is 0.391. The minimum absolute atomic E-state index is 0.0172. The van der Waals surface area contributed by atoms with Gasteiger partial charge in [-0.1, -0.05) is 0 Å². The number of carboxylic acids is 1. The summed E-state index contributed by atoms with van der Waals surface area (Å²) in [5, 5.41) is 11.9. The number of aliphatic carboxylic acids is 1. The summed E-state index contributed by atoms with van der Waals surface area (Å²) < 4.78 is 15.7. The van der Waals surface area contributed by atoms with Crippen molar-refractivity contribution in [3.05, 3.63) is 28.3 Å². The van der Waals surface area contributed by atoms with E-state index in [1.807, 2.05) is 0 Å². The number of carbonyl (C=O) groups is 2. The van der Waals surface area contributed by atoms with E-state index in [0.717, 1.165) is 4.88 Å². The third-order valence-electron chi connectivity index (χ3n) is 3.61. The number of methoxy groups -OCH3 is 3. The molecule has 0 bridgehead atoms. The Labute approximate surface area is 154 Å². The molecule has 1 aromatic carbocycles. The van der Waals surface area contributed by atoms with Crippen LogP contribution in [0.3, 0.4) is 0 Å². The maximum absolute atomic E-state index is 12.5. The standard InChI is InChI=1S/C17H20N2O6S/c1-9-13(5-6-14(20)21)26-17(18-9)19-16(22)10-7-11(23-2)15(25-4)12(8-10)24-3/h7-8H,5-6H2,1-4H3,(H,20,21)(H,18,19,22). The molecule has 1 aromatic heterocycles. The molecule has 2 aromatic rings. The molecule has 0 unspecified atom stereocenters. The Morgan fingerprint density at radius 2 is 1.77 bits per heavy atom. The van der Waals surface area contributed by atoms with Crippen molar-refractivity contribution in [3.63, 3.8) is 0 Å². The van der Waals surface area contributed by atoms with E-state index >= 15 is 0 Å². The number of anilines is 1. The lowest BCUT2D eigenvalue weighted by Gasteiger charge is -2.13. The molecule has 1 amide bonds. The summed E-state index contributed by atoms with van der Waals surface area (Å²) in [5.74, 6) is -0.125. The van der Waals surface area contributed by atoms with Crippen LogP contribution in [0.2, 0.25) is 0 Å². The SMILES string of the molecule is COc1cc(C(=O)Nc2nc(C)c(CCC(=O)O)s2)cc(OC)c1OC. The third-order valence-corrected chi connectivity index (χ3v) is 4.74. The molecule has 140 valence electrons. The molecule has 2 rings (SSSR count). The van der Waals surface area contributed by atoms with Gasteiger partial charge in [-0.25, -0.2) is 4.98 Å². The highest BCUT2D eigenvalue weighted by Crippen LogP contribution is 2.38. The first-order chi connectivity index (χ1) is 12.4. The van der Waals surface area contributed by atoms with Gasteiger partial charge < -0.3 is 19.3 Å². The van der Waals surface area contributed by atoms with Crippen molar-refractivity contribution in [2.75, 3.05) is 26.6 Å². The number of thiazole rings is 1. The Morgan fingerprint density at radius 3 is 2.27 bits per heavy atom. The minimum atomic E-state index is -0.874. The Hall–Kier alpha value is -2.81. The molecule has 0 aliphatic rings. The molecule has 2 N–H and O–H groups in total. The topological polar surface area (TPSA) is 107 Å². The van der Waals surface area contributed by atoms with E-state index in [1.54, 1.807) is 19.1 Å². The fourth-order valence-corrected chi connectivity index (χ4v) is 3.27. The number of amides is 1. The lowest BCUT2D eigenvalue weighted by molar-refractivity contribution is -0.136. The second-order valence-electron chi connectivity index (χ2n) is 5.29. The summed E-state index contributed by atoms with van der Waals surface area (Å²) >= 11 is 1.26. The van der Waals surface area contributed by atoms with E-state index in [9.17, 15) is 9.59 Å². The van der Waals surface area contributed by atoms with Crippen molar-refractivity contribution in [1.82, 2.24) is 4.98 Å². The Bertz CT molecular complexity index is 793. The monoisotopic (exact) mass is 380 g/mol. The first-order valence-electron chi connectivity index (χ1n) is 7.69. The molecule has 0 radical (unpaired) electrons. The number of hydrogen-bond acceptors (Lipinski definition) is 7. The fourth-order valence-electron chi connectivity index (χ4n) is 2.32. The zero-order valence-corrected chi connectivity index (χ0v) is 15.7. The summed E-state index contributed by atoms with van der Waals surface area (Å²) in [4.78, 5) is 28.4. The van der Waals surface area contributed by atoms with Crippen LogP contribution in [0.4, 0.5) is 5.13 Å². The highest BCUT2D eigenvalue weighted by atomic mass is 32.1. The lowest BCUT2D eigenvalue weighted by Crippen LogP contribution is -2.12. The molecule has 0 saturated heterocycles. The second-order valence-corrected chi connectivity index (χ2v) is 6.37. The van der Waals surface area contributed by atoms with Gasteiger partial charge in [0.05, 0.1) is 33.4 Å². The first kappa shape index (κ1) is 19.5. The van der Waals surface area contributed by atoms with Crippen molar-refractivity contribution in [3.8, 4) is 17.2 Å². The number of ether oxygens (including phenoxy) is 3. The highest BCUT2D eigenvalue weighted by Gasteiger charge is 2.18. The fraction of sp³-hybridized carbons (Fsp3) is 0.353. The molecule has 8 nitrogen and oxygen atoms in total. The van der Waals surface area contributed by atoms with Gasteiger partial charge in [0.2, 0.25) is 5.75 Å². The van der Waals surface area contributed by atoms with E-state index in [1.165, 1.54) is 32.7 Å². The minimum Gasteiger partial charge on any atom is -0.493 e. The molecule has 1 heterocycles. The molecule has 0 spiro atoms. The Kier molecular flexibility index (Phi) is 6.40. The maximum atomic E-state index is 12.5. The third kappa shape index (κ3) is 4.42. The molecule has 0 fully saturated rings. The van der Waals surface area contributed by atoms with E-state index in [-0.39, 0.29) is 12.3 Å². The number of nitrogens with one attached hydrogen (secondary N) is 1. The van der Waals surface area contributed by atoms with Crippen molar-refractivity contribution in [2.45, 2.75) is 19.8 Å². The predicted octanol–water partition coefficient (Wildman–Crippen LogP) is 2.75. The number of benzene rings is 1. The first-order valence-corrected chi connectivity index (χ1v) is 8.50. The van der Waals surface area contributed by atoms with Gasteiger partial charge in [0.15, 0.2) is 16.6 Å². The Balaban J connectivity index is 2.22. The molecule has 0 atom stereocenters. The van der Waals surface area contributed by atoms with Crippen LogP contribution in [0.5, 0.6) is 17.2 Å². The van der Waals surface area contributed by atoms with Gasteiger partial charge in [0, 0.05) is 10.4 Å². The van der Waals surface area contributed by atoms with Gasteiger partial charge in [0.1, 0.15) is 0 Å². The highest BCUT2D eigenvalue weighted by molar-refractivity contribution is 7.15. The number of carbonyl (C=O) groups excluding carboxylic acids is 1. The molecule has 0 aliphatic carbocycles. The van der Waals surface area contributed by atoms with Crippen molar-refractivity contribution in [2.24, 2.45) is 0 Å². The van der Waals surface area contributed by atoms with E-state index < -0.39 is 5.97 Å². The normalized spacial score (nSPS) is 10.3. The smallest absolute Gasteiger partial charge is 0.303 e. The van der Waals surface area contributed by atoms with Crippen LogP contribution in [0.1, 0.15) is 27.3 Å². The Morgan fingerprint density at radius 1 is 1.15 bits per heavy atom. The lowest BCUT2D eigenvalue weighted by atomic mass is 10.1. The second kappa shape index (κ2) is 8.52.